The second-order valence-corrected chi connectivity index (χ2v) is 4.08. The van der Waals surface area contributed by atoms with Crippen molar-refractivity contribution in [2.45, 2.75) is 0 Å². The van der Waals surface area contributed by atoms with Crippen LogP contribution in [0.1, 0.15) is 10.4 Å². The summed E-state index contributed by atoms with van der Waals surface area (Å²) < 4.78 is 0.325. The molecule has 2 aromatic rings. The maximum absolute atomic E-state index is 11.1. The van der Waals surface area contributed by atoms with Crippen molar-refractivity contribution in [1.29, 1.82) is 0 Å². The van der Waals surface area contributed by atoms with Gasteiger partial charge < -0.3 is 5.73 Å². The summed E-state index contributed by atoms with van der Waals surface area (Å²) in [5.74, 6) is -0.641. The molecule has 0 bridgehead atoms. The number of primary amides is 1. The van der Waals surface area contributed by atoms with Crippen molar-refractivity contribution in [3.63, 3.8) is 0 Å². The van der Waals surface area contributed by atoms with Crippen LogP contribution in [-0.4, -0.2) is 15.8 Å². The molecule has 86 valence electrons. The molecule has 0 aliphatic heterocycles. The van der Waals surface area contributed by atoms with E-state index >= 15 is 0 Å². The first kappa shape index (κ1) is 11.5. The van der Waals surface area contributed by atoms with Crippen molar-refractivity contribution in [1.82, 2.24) is 4.98 Å². The zero-order valence-electron chi connectivity index (χ0n) is 8.38. The lowest BCUT2D eigenvalue weighted by molar-refractivity contribution is -0.384. The number of non-ortho nitro benzene ring substituents is 1. The van der Waals surface area contributed by atoms with Gasteiger partial charge in [0, 0.05) is 17.5 Å². The molecule has 2 rings (SSSR count). The number of carbonyl (C=O) groups excluding carboxylic acids is 1. The minimum Gasteiger partial charge on any atom is -0.366 e. The Balaban J connectivity index is 2.72. The Kier molecular flexibility index (Phi) is 2.76. The summed E-state index contributed by atoms with van der Waals surface area (Å²) >= 11 is 3.12. The smallest absolute Gasteiger partial charge is 0.270 e. The van der Waals surface area contributed by atoms with E-state index in [0.29, 0.717) is 15.5 Å². The van der Waals surface area contributed by atoms with E-state index in [0.717, 1.165) is 0 Å². The summed E-state index contributed by atoms with van der Waals surface area (Å²) in [6, 6.07) is 5.69. The molecule has 0 radical (unpaired) electrons. The van der Waals surface area contributed by atoms with Gasteiger partial charge in [0.25, 0.3) is 11.6 Å². The molecule has 0 saturated heterocycles. The van der Waals surface area contributed by atoms with Crippen LogP contribution in [-0.2, 0) is 0 Å². The molecule has 17 heavy (non-hydrogen) atoms. The Hall–Kier alpha value is -2.02. The summed E-state index contributed by atoms with van der Waals surface area (Å²) in [5, 5.41) is 11.1. The minimum absolute atomic E-state index is 0.0583. The van der Waals surface area contributed by atoms with Crippen molar-refractivity contribution >= 4 is 38.4 Å². The van der Waals surface area contributed by atoms with Crippen molar-refractivity contribution in [3.05, 3.63) is 44.5 Å². The van der Waals surface area contributed by atoms with E-state index in [-0.39, 0.29) is 11.3 Å². The Morgan fingerprint density at radius 2 is 2.12 bits per heavy atom. The minimum atomic E-state index is -0.641. The highest BCUT2D eigenvalue weighted by Gasteiger charge is 2.12. The second kappa shape index (κ2) is 4.10. The quantitative estimate of drug-likeness (QED) is 0.520. The number of nitro groups is 1. The third-order valence-electron chi connectivity index (χ3n) is 2.23. The summed E-state index contributed by atoms with van der Waals surface area (Å²) in [4.78, 5) is 25.3. The van der Waals surface area contributed by atoms with E-state index in [4.69, 9.17) is 5.73 Å². The lowest BCUT2D eigenvalue weighted by Gasteiger charge is -2.02. The molecule has 1 heterocycles. The maximum Gasteiger partial charge on any atom is 0.270 e. The van der Waals surface area contributed by atoms with Crippen LogP contribution >= 0.6 is 15.9 Å². The number of hydrogen-bond acceptors (Lipinski definition) is 4. The summed E-state index contributed by atoms with van der Waals surface area (Å²) in [6.45, 7) is 0. The van der Waals surface area contributed by atoms with Crippen molar-refractivity contribution in [3.8, 4) is 0 Å². The molecule has 0 aliphatic rings. The monoisotopic (exact) mass is 295 g/mol. The first-order chi connectivity index (χ1) is 7.99. The van der Waals surface area contributed by atoms with Crippen LogP contribution in [0, 0.1) is 10.1 Å². The van der Waals surface area contributed by atoms with Gasteiger partial charge in [-0.25, -0.2) is 4.98 Å². The van der Waals surface area contributed by atoms with Crippen LogP contribution in [0.25, 0.3) is 10.9 Å². The van der Waals surface area contributed by atoms with Gasteiger partial charge in [0.1, 0.15) is 4.60 Å². The topological polar surface area (TPSA) is 99.1 Å². The van der Waals surface area contributed by atoms with E-state index in [9.17, 15) is 14.9 Å². The van der Waals surface area contributed by atoms with Crippen LogP contribution in [0.4, 0.5) is 5.69 Å². The molecule has 1 amide bonds. The van der Waals surface area contributed by atoms with Gasteiger partial charge in [0.15, 0.2) is 0 Å². The molecule has 2 N–H and O–H groups in total. The van der Waals surface area contributed by atoms with Crippen LogP contribution < -0.4 is 5.73 Å². The average molecular weight is 296 g/mol. The molecule has 0 aliphatic carbocycles. The number of aromatic nitrogens is 1. The second-order valence-electron chi connectivity index (χ2n) is 3.33. The number of rotatable bonds is 2. The molecule has 1 aromatic heterocycles. The number of nitrogens with two attached hydrogens (primary N) is 1. The van der Waals surface area contributed by atoms with E-state index in [1.807, 2.05) is 0 Å². The number of halogens is 1. The number of nitrogens with zero attached hydrogens (tertiary/aromatic N) is 2. The standard InChI is InChI=1S/C10H6BrN3O3/c11-9-7(10(12)15)4-5-3-6(14(16)17)1-2-8(5)13-9/h1-4H,(H2,12,15). The normalized spacial score (nSPS) is 10.4. The molecular formula is C10H6BrN3O3. The van der Waals surface area contributed by atoms with Gasteiger partial charge in [-0.15, -0.1) is 0 Å². The third kappa shape index (κ3) is 2.09. The van der Waals surface area contributed by atoms with E-state index in [2.05, 4.69) is 20.9 Å². The van der Waals surface area contributed by atoms with E-state index < -0.39 is 10.8 Å². The Labute approximate surface area is 104 Å². The van der Waals surface area contributed by atoms with Crippen LogP contribution in [0.5, 0.6) is 0 Å². The van der Waals surface area contributed by atoms with Crippen LogP contribution in [0.3, 0.4) is 0 Å². The van der Waals surface area contributed by atoms with Crippen LogP contribution in [0.15, 0.2) is 28.9 Å². The molecule has 0 unspecified atom stereocenters. The molecule has 6 nitrogen and oxygen atoms in total. The molecule has 7 heteroatoms. The lowest BCUT2D eigenvalue weighted by atomic mass is 10.1. The van der Waals surface area contributed by atoms with Crippen molar-refractivity contribution in [2.24, 2.45) is 5.73 Å². The number of benzene rings is 1. The Morgan fingerprint density at radius 3 is 2.71 bits per heavy atom. The number of amides is 1. The number of pyridine rings is 1. The summed E-state index contributed by atoms with van der Waals surface area (Å²) in [6.07, 6.45) is 0. The number of carbonyl (C=O) groups is 1. The van der Waals surface area contributed by atoms with Gasteiger partial charge in [-0.3, -0.25) is 14.9 Å². The molecule has 1 aromatic carbocycles. The van der Waals surface area contributed by atoms with E-state index in [1.54, 1.807) is 0 Å². The zero-order chi connectivity index (χ0) is 12.6. The highest BCUT2D eigenvalue weighted by atomic mass is 79.9. The SMILES string of the molecule is NC(=O)c1cc2cc([N+](=O)[O-])ccc2nc1Br. The predicted octanol–water partition coefficient (Wildman–Crippen LogP) is 2.00. The molecule has 0 atom stereocenters. The fourth-order valence-electron chi connectivity index (χ4n) is 1.43. The van der Waals surface area contributed by atoms with E-state index in [1.165, 1.54) is 24.3 Å². The van der Waals surface area contributed by atoms with Crippen molar-refractivity contribution < 1.29 is 9.72 Å². The van der Waals surface area contributed by atoms with Gasteiger partial charge in [0.2, 0.25) is 0 Å². The first-order valence-corrected chi connectivity index (χ1v) is 5.33. The van der Waals surface area contributed by atoms with Gasteiger partial charge in [0.05, 0.1) is 16.0 Å². The molecular weight excluding hydrogens is 290 g/mol. The Bertz CT molecular complexity index is 642. The average Bonchev–Trinajstić information content (AvgIpc) is 2.27. The predicted molar refractivity (Wildman–Crippen MR) is 64.6 cm³/mol. The highest BCUT2D eigenvalue weighted by molar-refractivity contribution is 9.10. The van der Waals surface area contributed by atoms with Gasteiger partial charge in [-0.2, -0.15) is 0 Å². The van der Waals surface area contributed by atoms with Gasteiger partial charge in [-0.1, -0.05) is 0 Å². The summed E-state index contributed by atoms with van der Waals surface area (Å²) in [7, 11) is 0. The third-order valence-corrected chi connectivity index (χ3v) is 2.83. The molecule has 0 spiro atoms. The number of fused-ring (bicyclic) bond motifs is 1. The zero-order valence-corrected chi connectivity index (χ0v) is 9.97. The fraction of sp³-hybridized carbons (Fsp3) is 0. The maximum atomic E-state index is 11.1. The van der Waals surface area contributed by atoms with Gasteiger partial charge >= 0.3 is 0 Å². The lowest BCUT2D eigenvalue weighted by Crippen LogP contribution is -2.12. The highest BCUT2D eigenvalue weighted by Crippen LogP contribution is 2.24. The fourth-order valence-corrected chi connectivity index (χ4v) is 1.93. The largest absolute Gasteiger partial charge is 0.366 e. The summed E-state index contributed by atoms with van der Waals surface area (Å²) in [5.41, 5.74) is 5.84. The van der Waals surface area contributed by atoms with Crippen molar-refractivity contribution in [2.75, 3.05) is 0 Å². The Morgan fingerprint density at radius 1 is 1.41 bits per heavy atom. The first-order valence-electron chi connectivity index (χ1n) is 4.53. The van der Waals surface area contributed by atoms with Crippen LogP contribution in [0.2, 0.25) is 0 Å². The number of hydrogen-bond donors (Lipinski definition) is 1. The molecule has 0 fully saturated rings. The van der Waals surface area contributed by atoms with Gasteiger partial charge in [-0.05, 0) is 28.1 Å². The number of nitro benzene ring substituents is 1. The molecule has 0 saturated carbocycles.